The molecule has 4 nitrogen and oxygen atoms in total. The van der Waals surface area contributed by atoms with Crippen molar-refractivity contribution in [1.29, 1.82) is 5.26 Å². The van der Waals surface area contributed by atoms with Crippen LogP contribution in [0.2, 0.25) is 0 Å². The van der Waals surface area contributed by atoms with Crippen LogP contribution in [0.15, 0.2) is 18.2 Å². The molecule has 1 fully saturated rings. The first-order chi connectivity index (χ1) is 8.48. The Morgan fingerprint density at radius 1 is 1.39 bits per heavy atom. The maximum absolute atomic E-state index is 13.2. The minimum atomic E-state index is -3.00. The molecule has 1 unspecified atom stereocenters. The van der Waals surface area contributed by atoms with E-state index in [4.69, 9.17) is 5.26 Å². The van der Waals surface area contributed by atoms with E-state index in [1.165, 1.54) is 12.1 Å². The van der Waals surface area contributed by atoms with E-state index in [0.717, 1.165) is 12.5 Å². The molecule has 1 heterocycles. The van der Waals surface area contributed by atoms with Gasteiger partial charge in [-0.15, -0.1) is 0 Å². The molecule has 0 saturated carbocycles. The van der Waals surface area contributed by atoms with Crippen LogP contribution in [0.25, 0.3) is 0 Å². The van der Waals surface area contributed by atoms with E-state index in [-0.39, 0.29) is 23.1 Å². The van der Waals surface area contributed by atoms with Crippen LogP contribution in [0, 0.1) is 17.1 Å². The molecule has 96 valence electrons. The van der Waals surface area contributed by atoms with Crippen LogP contribution < -0.4 is 5.32 Å². The van der Waals surface area contributed by atoms with Crippen molar-refractivity contribution in [2.75, 3.05) is 16.8 Å². The van der Waals surface area contributed by atoms with Gasteiger partial charge in [-0.05, 0) is 31.0 Å². The third kappa shape index (κ3) is 3.20. The lowest BCUT2D eigenvalue weighted by Crippen LogP contribution is -2.34. The molecule has 0 spiro atoms. The average molecular weight is 268 g/mol. The van der Waals surface area contributed by atoms with Gasteiger partial charge in [-0.1, -0.05) is 0 Å². The van der Waals surface area contributed by atoms with E-state index in [0.29, 0.717) is 12.1 Å². The molecular formula is C12H13FN2O2S. The van der Waals surface area contributed by atoms with E-state index in [1.807, 2.05) is 6.07 Å². The van der Waals surface area contributed by atoms with Crippen molar-refractivity contribution >= 4 is 15.5 Å². The zero-order valence-electron chi connectivity index (χ0n) is 9.69. The Labute approximate surface area is 105 Å². The Morgan fingerprint density at radius 3 is 2.83 bits per heavy atom. The molecule has 1 aliphatic rings. The lowest BCUT2D eigenvalue weighted by molar-refractivity contribution is 0.562. The van der Waals surface area contributed by atoms with Gasteiger partial charge >= 0.3 is 0 Å². The first-order valence-corrected chi connectivity index (χ1v) is 7.48. The summed E-state index contributed by atoms with van der Waals surface area (Å²) in [5.74, 6) is -0.223. The molecule has 1 aliphatic heterocycles. The number of anilines is 1. The summed E-state index contributed by atoms with van der Waals surface area (Å²) >= 11 is 0. The molecule has 0 amide bonds. The van der Waals surface area contributed by atoms with Crippen molar-refractivity contribution in [3.05, 3.63) is 29.6 Å². The maximum atomic E-state index is 13.2. The molecule has 0 radical (unpaired) electrons. The van der Waals surface area contributed by atoms with Gasteiger partial charge in [0, 0.05) is 11.7 Å². The van der Waals surface area contributed by atoms with Gasteiger partial charge in [0.25, 0.3) is 0 Å². The number of nitrogens with zero attached hydrogens (tertiary/aromatic N) is 1. The molecule has 1 aromatic carbocycles. The standard InChI is InChI=1S/C12H13FN2O2S/c13-10-4-9(7-14)5-12(6-10)15-11-2-1-3-18(16,17)8-11/h4-6,11,15H,1-3,8H2. The van der Waals surface area contributed by atoms with Crippen molar-refractivity contribution in [3.8, 4) is 6.07 Å². The molecule has 0 aromatic heterocycles. The summed E-state index contributed by atoms with van der Waals surface area (Å²) in [6.07, 6.45) is 1.35. The highest BCUT2D eigenvalue weighted by Gasteiger charge is 2.24. The highest BCUT2D eigenvalue weighted by Crippen LogP contribution is 2.19. The number of rotatable bonds is 2. The van der Waals surface area contributed by atoms with Crippen molar-refractivity contribution in [3.63, 3.8) is 0 Å². The van der Waals surface area contributed by atoms with Crippen LogP contribution >= 0.6 is 0 Å². The van der Waals surface area contributed by atoms with Crippen molar-refractivity contribution in [1.82, 2.24) is 0 Å². The van der Waals surface area contributed by atoms with Crippen molar-refractivity contribution in [2.24, 2.45) is 0 Å². The number of sulfone groups is 1. The maximum Gasteiger partial charge on any atom is 0.152 e. The Hall–Kier alpha value is -1.61. The fraction of sp³-hybridized carbons (Fsp3) is 0.417. The van der Waals surface area contributed by atoms with E-state index in [1.54, 1.807) is 0 Å². The smallest absolute Gasteiger partial charge is 0.152 e. The summed E-state index contributed by atoms with van der Waals surface area (Å²) in [5, 5.41) is 11.7. The van der Waals surface area contributed by atoms with Gasteiger partial charge in [0.05, 0.1) is 23.1 Å². The third-order valence-corrected chi connectivity index (χ3v) is 4.68. The number of hydrogen-bond donors (Lipinski definition) is 1. The van der Waals surface area contributed by atoms with Gasteiger partial charge in [0.15, 0.2) is 9.84 Å². The first kappa shape index (κ1) is 12.8. The lowest BCUT2D eigenvalue weighted by Gasteiger charge is -2.24. The van der Waals surface area contributed by atoms with Crippen LogP contribution in [-0.2, 0) is 9.84 Å². The number of halogens is 1. The summed E-state index contributed by atoms with van der Waals surface area (Å²) in [7, 11) is -3.00. The summed E-state index contributed by atoms with van der Waals surface area (Å²) in [5.41, 5.74) is 0.671. The third-order valence-electron chi connectivity index (χ3n) is 2.86. The lowest BCUT2D eigenvalue weighted by atomic mass is 10.1. The molecular weight excluding hydrogens is 255 g/mol. The van der Waals surface area contributed by atoms with Crippen molar-refractivity contribution < 1.29 is 12.8 Å². The van der Waals surface area contributed by atoms with E-state index >= 15 is 0 Å². The highest BCUT2D eigenvalue weighted by atomic mass is 32.2. The normalized spacial score (nSPS) is 22.1. The van der Waals surface area contributed by atoms with Gasteiger partial charge in [-0.25, -0.2) is 12.8 Å². The summed E-state index contributed by atoms with van der Waals surface area (Å²) in [4.78, 5) is 0. The molecule has 0 aliphatic carbocycles. The second-order valence-corrected chi connectivity index (χ2v) is 6.67. The Morgan fingerprint density at radius 2 is 2.17 bits per heavy atom. The summed E-state index contributed by atoms with van der Waals surface area (Å²) < 4.78 is 36.2. The molecule has 0 bridgehead atoms. The Kier molecular flexibility index (Phi) is 3.53. The monoisotopic (exact) mass is 268 g/mol. The van der Waals surface area contributed by atoms with Crippen LogP contribution in [0.5, 0.6) is 0 Å². The summed E-state index contributed by atoms with van der Waals surface area (Å²) in [6.45, 7) is 0. The largest absolute Gasteiger partial charge is 0.381 e. The Balaban J connectivity index is 2.14. The first-order valence-electron chi connectivity index (χ1n) is 5.66. The van der Waals surface area contributed by atoms with Crippen molar-refractivity contribution in [2.45, 2.75) is 18.9 Å². The number of hydrogen-bond acceptors (Lipinski definition) is 4. The highest BCUT2D eigenvalue weighted by molar-refractivity contribution is 7.91. The van der Waals surface area contributed by atoms with Crippen LogP contribution in [-0.4, -0.2) is 26.0 Å². The second kappa shape index (κ2) is 4.94. The fourth-order valence-electron chi connectivity index (χ4n) is 2.11. The van der Waals surface area contributed by atoms with Crippen LogP contribution in [0.1, 0.15) is 18.4 Å². The van der Waals surface area contributed by atoms with Gasteiger partial charge in [0.2, 0.25) is 0 Å². The quantitative estimate of drug-likeness (QED) is 0.886. The molecule has 1 N–H and O–H groups in total. The topological polar surface area (TPSA) is 70.0 Å². The zero-order chi connectivity index (χ0) is 13.2. The van der Waals surface area contributed by atoms with Crippen LogP contribution in [0.3, 0.4) is 0 Å². The van der Waals surface area contributed by atoms with Gasteiger partial charge in [0.1, 0.15) is 5.82 Å². The predicted octanol–water partition coefficient (Wildman–Crippen LogP) is 1.69. The zero-order valence-corrected chi connectivity index (χ0v) is 10.5. The van der Waals surface area contributed by atoms with Crippen LogP contribution in [0.4, 0.5) is 10.1 Å². The minimum absolute atomic E-state index is 0.0609. The molecule has 18 heavy (non-hydrogen) atoms. The second-order valence-electron chi connectivity index (χ2n) is 4.44. The molecule has 6 heteroatoms. The predicted molar refractivity (Wildman–Crippen MR) is 66.4 cm³/mol. The van der Waals surface area contributed by atoms with E-state index < -0.39 is 15.7 Å². The SMILES string of the molecule is N#Cc1cc(F)cc(NC2CCCS(=O)(=O)C2)c1. The minimum Gasteiger partial charge on any atom is -0.381 e. The molecule has 1 atom stereocenters. The number of benzene rings is 1. The van der Waals surface area contributed by atoms with E-state index in [2.05, 4.69) is 5.32 Å². The number of nitriles is 1. The van der Waals surface area contributed by atoms with E-state index in [9.17, 15) is 12.8 Å². The average Bonchev–Trinajstić information content (AvgIpc) is 2.26. The number of nitrogens with one attached hydrogen (secondary N) is 1. The van der Waals surface area contributed by atoms with Gasteiger partial charge in [-0.2, -0.15) is 5.26 Å². The van der Waals surface area contributed by atoms with Gasteiger partial charge in [-0.3, -0.25) is 0 Å². The molecule has 2 rings (SSSR count). The molecule has 1 saturated heterocycles. The summed E-state index contributed by atoms with van der Waals surface area (Å²) in [6, 6.07) is 5.58. The fourth-order valence-corrected chi connectivity index (χ4v) is 3.75. The van der Waals surface area contributed by atoms with Gasteiger partial charge < -0.3 is 5.32 Å². The Bertz CT molecular complexity index is 593. The molecule has 1 aromatic rings.